The second-order valence-corrected chi connectivity index (χ2v) is 8.80. The van der Waals surface area contributed by atoms with E-state index >= 15 is 0 Å². The topological polar surface area (TPSA) is 58.2 Å². The van der Waals surface area contributed by atoms with Crippen molar-refractivity contribution in [3.8, 4) is 0 Å². The van der Waals surface area contributed by atoms with Crippen molar-refractivity contribution in [1.29, 1.82) is 0 Å². The van der Waals surface area contributed by atoms with Gasteiger partial charge in [-0.15, -0.1) is 0 Å². The maximum atomic E-state index is 12.3. The zero-order valence-electron chi connectivity index (χ0n) is 12.2. The Bertz CT molecular complexity index is 386. The third-order valence-electron chi connectivity index (χ3n) is 4.81. The molecule has 4 nitrogen and oxygen atoms in total. The van der Waals surface area contributed by atoms with Gasteiger partial charge in [0.15, 0.2) is 0 Å². The average Bonchev–Trinajstić information content (AvgIpc) is 2.38. The molecule has 2 aliphatic rings. The highest BCUT2D eigenvalue weighted by Crippen LogP contribution is 2.30. The van der Waals surface area contributed by atoms with E-state index in [-0.39, 0.29) is 16.7 Å². The van der Waals surface area contributed by atoms with E-state index in [4.69, 9.17) is 0 Å². The molecule has 1 aliphatic carbocycles. The van der Waals surface area contributed by atoms with Gasteiger partial charge in [0.1, 0.15) is 0 Å². The molecule has 0 bridgehead atoms. The molecule has 0 aromatic heterocycles. The minimum absolute atomic E-state index is 0.159. The summed E-state index contributed by atoms with van der Waals surface area (Å²) in [5.74, 6) is 0. The summed E-state index contributed by atoms with van der Waals surface area (Å²) in [7, 11) is -3.12. The number of nitrogens with one attached hydrogen (secondary N) is 2. The lowest BCUT2D eigenvalue weighted by Crippen LogP contribution is -2.53. The molecule has 0 spiro atoms. The van der Waals surface area contributed by atoms with Gasteiger partial charge >= 0.3 is 0 Å². The van der Waals surface area contributed by atoms with Crippen molar-refractivity contribution in [3.05, 3.63) is 0 Å². The molecule has 1 saturated heterocycles. The van der Waals surface area contributed by atoms with Crippen molar-refractivity contribution in [2.24, 2.45) is 5.41 Å². The first-order chi connectivity index (χ1) is 8.92. The first kappa shape index (κ1) is 15.3. The lowest BCUT2D eigenvalue weighted by Gasteiger charge is -2.39. The maximum Gasteiger partial charge on any atom is 0.214 e. The number of hydrogen-bond acceptors (Lipinski definition) is 3. The normalized spacial score (nSPS) is 29.3. The quantitative estimate of drug-likeness (QED) is 0.832. The van der Waals surface area contributed by atoms with Crippen molar-refractivity contribution < 1.29 is 8.42 Å². The van der Waals surface area contributed by atoms with Crippen LogP contribution < -0.4 is 10.0 Å². The number of hydrogen-bond donors (Lipinski definition) is 2. The monoisotopic (exact) mass is 288 g/mol. The lowest BCUT2D eigenvalue weighted by atomic mass is 9.78. The van der Waals surface area contributed by atoms with Gasteiger partial charge in [-0.25, -0.2) is 13.1 Å². The van der Waals surface area contributed by atoms with E-state index in [0.717, 1.165) is 38.6 Å². The van der Waals surface area contributed by atoms with Crippen molar-refractivity contribution in [2.75, 3.05) is 13.1 Å². The molecule has 1 aliphatic heterocycles. The summed E-state index contributed by atoms with van der Waals surface area (Å²) >= 11 is 0. The van der Waals surface area contributed by atoms with Crippen molar-refractivity contribution >= 4 is 10.0 Å². The summed E-state index contributed by atoms with van der Waals surface area (Å²) in [5, 5.41) is 3.30. The van der Waals surface area contributed by atoms with Crippen LogP contribution in [0.25, 0.3) is 0 Å². The van der Waals surface area contributed by atoms with Crippen LogP contribution in [0.3, 0.4) is 0 Å². The molecule has 5 heteroatoms. The number of piperidine rings is 1. The van der Waals surface area contributed by atoms with Crippen LogP contribution in [-0.4, -0.2) is 32.8 Å². The minimum atomic E-state index is -3.12. The van der Waals surface area contributed by atoms with Crippen molar-refractivity contribution in [2.45, 2.75) is 70.1 Å². The summed E-state index contributed by atoms with van der Waals surface area (Å²) in [6.45, 7) is 5.97. The first-order valence-corrected chi connectivity index (χ1v) is 9.18. The van der Waals surface area contributed by atoms with Crippen LogP contribution in [0.15, 0.2) is 0 Å². The van der Waals surface area contributed by atoms with Crippen LogP contribution in [0, 0.1) is 5.41 Å². The molecule has 0 aromatic carbocycles. The van der Waals surface area contributed by atoms with Gasteiger partial charge in [-0.2, -0.15) is 0 Å². The second-order valence-electron chi connectivity index (χ2n) is 6.75. The summed E-state index contributed by atoms with van der Waals surface area (Å²) in [4.78, 5) is 0. The predicted molar refractivity (Wildman–Crippen MR) is 78.6 cm³/mol. The van der Waals surface area contributed by atoms with Gasteiger partial charge in [0.2, 0.25) is 10.0 Å². The van der Waals surface area contributed by atoms with E-state index in [2.05, 4.69) is 23.9 Å². The highest BCUT2D eigenvalue weighted by Gasteiger charge is 2.34. The Hall–Kier alpha value is -0.130. The van der Waals surface area contributed by atoms with Gasteiger partial charge in [0.25, 0.3) is 0 Å². The summed E-state index contributed by atoms with van der Waals surface area (Å²) < 4.78 is 27.5. The molecule has 2 N–H and O–H groups in total. The van der Waals surface area contributed by atoms with Crippen LogP contribution in [-0.2, 0) is 10.0 Å². The Morgan fingerprint density at radius 1 is 1.16 bits per heavy atom. The molecular weight excluding hydrogens is 260 g/mol. The zero-order valence-corrected chi connectivity index (χ0v) is 13.1. The van der Waals surface area contributed by atoms with E-state index < -0.39 is 10.0 Å². The van der Waals surface area contributed by atoms with Crippen LogP contribution in [0.1, 0.15) is 58.8 Å². The number of sulfonamides is 1. The molecule has 0 aromatic rings. The fraction of sp³-hybridized carbons (Fsp3) is 1.00. The molecule has 2 rings (SSSR count). The van der Waals surface area contributed by atoms with E-state index in [1.807, 2.05) is 0 Å². The van der Waals surface area contributed by atoms with Gasteiger partial charge in [-0.05, 0) is 37.6 Å². The third-order valence-corrected chi connectivity index (χ3v) is 6.73. The third kappa shape index (κ3) is 3.92. The average molecular weight is 288 g/mol. The Labute approximate surface area is 117 Å². The molecule has 0 amide bonds. The lowest BCUT2D eigenvalue weighted by molar-refractivity contribution is 0.181. The van der Waals surface area contributed by atoms with Gasteiger partial charge < -0.3 is 5.32 Å². The van der Waals surface area contributed by atoms with E-state index in [1.165, 1.54) is 12.8 Å². The molecule has 2 fully saturated rings. The van der Waals surface area contributed by atoms with E-state index in [9.17, 15) is 8.42 Å². The second kappa shape index (κ2) is 6.10. The van der Waals surface area contributed by atoms with Crippen molar-refractivity contribution in [3.63, 3.8) is 0 Å². The molecule has 19 heavy (non-hydrogen) atoms. The Kier molecular flexibility index (Phi) is 4.90. The fourth-order valence-corrected chi connectivity index (χ4v) is 4.90. The standard InChI is InChI=1S/C14H28N2O2S/c1-14(2)9-6-10-15-13(14)11-16-19(17,18)12-7-4-3-5-8-12/h12-13,15-16H,3-11H2,1-2H3. The molecule has 1 saturated carbocycles. The minimum Gasteiger partial charge on any atom is -0.312 e. The van der Waals surface area contributed by atoms with Gasteiger partial charge in [-0.3, -0.25) is 0 Å². The van der Waals surface area contributed by atoms with Gasteiger partial charge in [-0.1, -0.05) is 33.1 Å². The molecule has 1 heterocycles. The molecule has 112 valence electrons. The molecule has 1 unspecified atom stereocenters. The van der Waals surface area contributed by atoms with Crippen LogP contribution >= 0.6 is 0 Å². The Balaban J connectivity index is 1.89. The summed E-state index contributed by atoms with van der Waals surface area (Å²) in [6.07, 6.45) is 7.29. The molecule has 0 radical (unpaired) electrons. The van der Waals surface area contributed by atoms with Crippen LogP contribution in [0.4, 0.5) is 0 Å². The van der Waals surface area contributed by atoms with Gasteiger partial charge in [0, 0.05) is 12.6 Å². The highest BCUT2D eigenvalue weighted by molar-refractivity contribution is 7.90. The Morgan fingerprint density at radius 3 is 2.47 bits per heavy atom. The molecule has 1 atom stereocenters. The smallest absolute Gasteiger partial charge is 0.214 e. The predicted octanol–water partition coefficient (Wildman–Crippen LogP) is 2.02. The molecular formula is C14H28N2O2S. The SMILES string of the molecule is CC1(C)CCCNC1CNS(=O)(=O)C1CCCCC1. The Morgan fingerprint density at radius 2 is 1.84 bits per heavy atom. The highest BCUT2D eigenvalue weighted by atomic mass is 32.2. The van der Waals surface area contributed by atoms with Crippen molar-refractivity contribution in [1.82, 2.24) is 10.0 Å². The maximum absolute atomic E-state index is 12.3. The summed E-state index contributed by atoms with van der Waals surface area (Å²) in [6, 6.07) is 0.250. The van der Waals surface area contributed by atoms with Crippen LogP contribution in [0.2, 0.25) is 0 Å². The van der Waals surface area contributed by atoms with Crippen LogP contribution in [0.5, 0.6) is 0 Å². The number of rotatable bonds is 4. The van der Waals surface area contributed by atoms with E-state index in [1.54, 1.807) is 0 Å². The van der Waals surface area contributed by atoms with E-state index in [0.29, 0.717) is 6.54 Å². The first-order valence-electron chi connectivity index (χ1n) is 7.64. The van der Waals surface area contributed by atoms with Gasteiger partial charge in [0.05, 0.1) is 5.25 Å². The largest absolute Gasteiger partial charge is 0.312 e. The summed E-state index contributed by atoms with van der Waals surface area (Å²) in [5.41, 5.74) is 0.174. The zero-order chi connectivity index (χ0) is 13.9. The fourth-order valence-electron chi connectivity index (χ4n) is 3.31.